The molecule has 0 aromatic heterocycles. The number of nitrogens with one attached hydrogen (secondary N) is 2. The molecule has 2 heterocycles. The molecule has 132 valence electrons. The second kappa shape index (κ2) is 7.00. The molecule has 2 atom stereocenters. The summed E-state index contributed by atoms with van der Waals surface area (Å²) in [5, 5.41) is 7.07. The minimum Gasteiger partial charge on any atom is -0.492 e. The molecule has 6 heteroatoms. The third-order valence-corrected chi connectivity index (χ3v) is 4.79. The van der Waals surface area contributed by atoms with Crippen LogP contribution >= 0.6 is 0 Å². The minimum atomic E-state index is -0.781. The standard InChI is InChI=1S/C20H19N3O3/c24-19-18(15(12-21-19)13-6-2-1-3-7-13)20(25)23-22-16-10-11-26-17-9-5-4-8-14(16)17/h1-9,15,18H,10-12H2,(H,21,24)(H,23,25). The van der Waals surface area contributed by atoms with E-state index in [1.165, 1.54) is 0 Å². The summed E-state index contributed by atoms with van der Waals surface area (Å²) in [5.74, 6) is -0.857. The fourth-order valence-electron chi connectivity index (χ4n) is 3.46. The fourth-order valence-corrected chi connectivity index (χ4v) is 3.46. The minimum absolute atomic E-state index is 0.189. The van der Waals surface area contributed by atoms with Gasteiger partial charge in [0.25, 0.3) is 5.91 Å². The zero-order chi connectivity index (χ0) is 17.9. The van der Waals surface area contributed by atoms with Crippen molar-refractivity contribution in [1.82, 2.24) is 10.7 Å². The molecule has 2 unspecified atom stereocenters. The first-order valence-electron chi connectivity index (χ1n) is 8.65. The van der Waals surface area contributed by atoms with Crippen LogP contribution < -0.4 is 15.5 Å². The number of amides is 2. The zero-order valence-corrected chi connectivity index (χ0v) is 14.1. The Bertz CT molecular complexity index is 864. The maximum Gasteiger partial charge on any atom is 0.253 e. The molecule has 0 radical (unpaired) electrons. The lowest BCUT2D eigenvalue weighted by atomic mass is 9.88. The Balaban J connectivity index is 1.54. The number of carbonyl (C=O) groups excluding carboxylic acids is 2. The number of para-hydroxylation sites is 1. The van der Waals surface area contributed by atoms with E-state index in [-0.39, 0.29) is 17.7 Å². The Morgan fingerprint density at radius 1 is 1.12 bits per heavy atom. The molecular weight excluding hydrogens is 330 g/mol. The zero-order valence-electron chi connectivity index (χ0n) is 14.1. The molecule has 26 heavy (non-hydrogen) atoms. The lowest BCUT2D eigenvalue weighted by Gasteiger charge is -2.19. The average molecular weight is 349 g/mol. The highest BCUT2D eigenvalue weighted by atomic mass is 16.5. The summed E-state index contributed by atoms with van der Waals surface area (Å²) in [6.07, 6.45) is 0.607. The van der Waals surface area contributed by atoms with E-state index in [1.807, 2.05) is 54.6 Å². The van der Waals surface area contributed by atoms with Gasteiger partial charge in [0.2, 0.25) is 5.91 Å². The van der Waals surface area contributed by atoms with E-state index in [2.05, 4.69) is 15.8 Å². The number of fused-ring (bicyclic) bond motifs is 1. The van der Waals surface area contributed by atoms with Crippen LogP contribution in [0.15, 0.2) is 59.7 Å². The Morgan fingerprint density at radius 2 is 1.88 bits per heavy atom. The molecule has 2 aromatic rings. The summed E-state index contributed by atoms with van der Waals surface area (Å²) in [4.78, 5) is 24.9. The number of hydrogen-bond acceptors (Lipinski definition) is 4. The number of benzene rings is 2. The number of ether oxygens (including phenoxy) is 1. The van der Waals surface area contributed by atoms with Crippen LogP contribution in [-0.2, 0) is 9.59 Å². The van der Waals surface area contributed by atoms with E-state index in [4.69, 9.17) is 4.74 Å². The predicted octanol–water partition coefficient (Wildman–Crippen LogP) is 1.82. The molecule has 6 nitrogen and oxygen atoms in total. The normalized spacial score (nSPS) is 23.1. The quantitative estimate of drug-likeness (QED) is 0.655. The van der Waals surface area contributed by atoms with Crippen molar-refractivity contribution in [3.8, 4) is 5.75 Å². The number of nitrogens with zero attached hydrogens (tertiary/aromatic N) is 1. The highest BCUT2D eigenvalue weighted by Gasteiger charge is 2.41. The molecule has 2 amide bonds. The van der Waals surface area contributed by atoms with Crippen LogP contribution in [-0.4, -0.2) is 30.7 Å². The van der Waals surface area contributed by atoms with Crippen molar-refractivity contribution < 1.29 is 14.3 Å². The summed E-state index contributed by atoms with van der Waals surface area (Å²) < 4.78 is 5.59. The van der Waals surface area contributed by atoms with Crippen LogP contribution in [0.3, 0.4) is 0 Å². The Labute approximate surface area is 151 Å². The van der Waals surface area contributed by atoms with Crippen molar-refractivity contribution in [1.29, 1.82) is 0 Å². The van der Waals surface area contributed by atoms with Gasteiger partial charge in [-0.15, -0.1) is 0 Å². The van der Waals surface area contributed by atoms with E-state index in [0.29, 0.717) is 19.6 Å². The maximum absolute atomic E-state index is 12.7. The first-order chi connectivity index (χ1) is 12.7. The number of rotatable bonds is 3. The van der Waals surface area contributed by atoms with Gasteiger partial charge < -0.3 is 10.1 Å². The molecule has 2 aliphatic rings. The van der Waals surface area contributed by atoms with Crippen molar-refractivity contribution in [2.24, 2.45) is 11.0 Å². The van der Waals surface area contributed by atoms with Crippen LogP contribution in [0.5, 0.6) is 5.75 Å². The van der Waals surface area contributed by atoms with E-state index >= 15 is 0 Å². The summed E-state index contributed by atoms with van der Waals surface area (Å²) in [5.41, 5.74) is 5.19. The highest BCUT2D eigenvalue weighted by Crippen LogP contribution is 2.29. The van der Waals surface area contributed by atoms with Crippen molar-refractivity contribution in [2.75, 3.05) is 13.2 Å². The lowest BCUT2D eigenvalue weighted by molar-refractivity contribution is -0.133. The molecule has 1 fully saturated rings. The summed E-state index contributed by atoms with van der Waals surface area (Å²) in [6, 6.07) is 17.2. The van der Waals surface area contributed by atoms with Crippen LogP contribution in [0.1, 0.15) is 23.5 Å². The van der Waals surface area contributed by atoms with Gasteiger partial charge >= 0.3 is 0 Å². The predicted molar refractivity (Wildman–Crippen MR) is 96.9 cm³/mol. The monoisotopic (exact) mass is 349 g/mol. The molecule has 0 spiro atoms. The largest absolute Gasteiger partial charge is 0.492 e. The van der Waals surface area contributed by atoms with Gasteiger partial charge in [-0.25, -0.2) is 5.43 Å². The first-order valence-corrected chi connectivity index (χ1v) is 8.65. The summed E-state index contributed by atoms with van der Waals surface area (Å²) in [6.45, 7) is 0.969. The SMILES string of the molecule is O=C1NCC(c2ccccc2)C1C(=O)NN=C1CCOc2ccccc21. The lowest BCUT2D eigenvalue weighted by Crippen LogP contribution is -2.35. The smallest absolute Gasteiger partial charge is 0.253 e. The number of carbonyl (C=O) groups is 2. The van der Waals surface area contributed by atoms with E-state index in [9.17, 15) is 9.59 Å². The van der Waals surface area contributed by atoms with Gasteiger partial charge in [-0.2, -0.15) is 5.10 Å². The molecule has 0 saturated carbocycles. The molecule has 1 saturated heterocycles. The molecule has 2 N–H and O–H groups in total. The van der Waals surface area contributed by atoms with E-state index in [0.717, 1.165) is 22.6 Å². The van der Waals surface area contributed by atoms with Crippen LogP contribution in [0, 0.1) is 5.92 Å². The number of hydrogen-bond donors (Lipinski definition) is 2. The average Bonchev–Trinajstić information content (AvgIpc) is 3.08. The van der Waals surface area contributed by atoms with E-state index < -0.39 is 5.92 Å². The highest BCUT2D eigenvalue weighted by molar-refractivity contribution is 6.06. The topological polar surface area (TPSA) is 79.8 Å². The van der Waals surface area contributed by atoms with Gasteiger partial charge in [0.05, 0.1) is 12.3 Å². The van der Waals surface area contributed by atoms with Gasteiger partial charge in [0, 0.05) is 24.4 Å². The van der Waals surface area contributed by atoms with Gasteiger partial charge in [-0.05, 0) is 17.7 Å². The Morgan fingerprint density at radius 3 is 2.73 bits per heavy atom. The van der Waals surface area contributed by atoms with Crippen LogP contribution in [0.25, 0.3) is 0 Å². The Hall–Kier alpha value is -3.15. The fraction of sp³-hybridized carbons (Fsp3) is 0.250. The van der Waals surface area contributed by atoms with Gasteiger partial charge in [-0.3, -0.25) is 9.59 Å². The summed E-state index contributed by atoms with van der Waals surface area (Å²) >= 11 is 0. The molecule has 0 aliphatic carbocycles. The molecule has 2 aromatic carbocycles. The third-order valence-electron chi connectivity index (χ3n) is 4.79. The van der Waals surface area contributed by atoms with Crippen molar-refractivity contribution >= 4 is 17.5 Å². The van der Waals surface area contributed by atoms with Gasteiger partial charge in [-0.1, -0.05) is 42.5 Å². The van der Waals surface area contributed by atoms with Crippen molar-refractivity contribution in [3.63, 3.8) is 0 Å². The van der Waals surface area contributed by atoms with Crippen LogP contribution in [0.2, 0.25) is 0 Å². The number of hydrazone groups is 1. The molecule has 4 rings (SSSR count). The second-order valence-electron chi connectivity index (χ2n) is 6.37. The van der Waals surface area contributed by atoms with Crippen molar-refractivity contribution in [3.05, 3.63) is 65.7 Å². The Kier molecular flexibility index (Phi) is 4.39. The van der Waals surface area contributed by atoms with Gasteiger partial charge in [0.15, 0.2) is 0 Å². The first kappa shape index (κ1) is 16.3. The van der Waals surface area contributed by atoms with Crippen LogP contribution in [0.4, 0.5) is 0 Å². The molecule has 2 aliphatic heterocycles. The third kappa shape index (κ3) is 3.06. The summed E-state index contributed by atoms with van der Waals surface area (Å²) in [7, 11) is 0. The molecule has 0 bridgehead atoms. The van der Waals surface area contributed by atoms with Crippen molar-refractivity contribution in [2.45, 2.75) is 12.3 Å². The second-order valence-corrected chi connectivity index (χ2v) is 6.37. The molecular formula is C20H19N3O3. The maximum atomic E-state index is 12.7. The van der Waals surface area contributed by atoms with E-state index in [1.54, 1.807) is 0 Å². The van der Waals surface area contributed by atoms with Gasteiger partial charge in [0.1, 0.15) is 11.7 Å².